The number of aryl methyl sites for hydroxylation is 1. The van der Waals surface area contributed by atoms with E-state index in [1.54, 1.807) is 6.20 Å². The smallest absolute Gasteiger partial charge is 0.372 e. The number of hydrogen-bond donors (Lipinski definition) is 0. The topological polar surface area (TPSA) is 27.1 Å². The molecule has 3 nitrogen and oxygen atoms in total. The highest BCUT2D eigenvalue weighted by molar-refractivity contribution is 9.10. The van der Waals surface area contributed by atoms with Crippen molar-refractivity contribution in [3.05, 3.63) is 16.4 Å². The van der Waals surface area contributed by atoms with Gasteiger partial charge in [0, 0.05) is 12.7 Å². The van der Waals surface area contributed by atoms with Crippen LogP contribution in [0, 0.1) is 0 Å². The molecule has 7 heteroatoms. The van der Waals surface area contributed by atoms with Crippen LogP contribution in [0.15, 0.2) is 10.7 Å². The Hall–Kier alpha value is -0.560. The maximum absolute atomic E-state index is 12.1. The summed E-state index contributed by atoms with van der Waals surface area (Å²) in [7, 11) is 0. The summed E-state index contributed by atoms with van der Waals surface area (Å²) in [5.41, 5.74) is 0.623. The van der Waals surface area contributed by atoms with E-state index in [0.717, 1.165) is 6.42 Å². The lowest BCUT2D eigenvalue weighted by Crippen LogP contribution is -2.13. The predicted octanol–water partition coefficient (Wildman–Crippen LogP) is 3.91. The van der Waals surface area contributed by atoms with Gasteiger partial charge in [-0.3, -0.25) is 4.68 Å². The monoisotopic (exact) mass is 328 g/mol. The van der Waals surface area contributed by atoms with Gasteiger partial charge in [0.25, 0.3) is 0 Å². The molecule has 1 heterocycles. The fourth-order valence-corrected chi connectivity index (χ4v) is 1.66. The SMILES string of the molecule is CCC(C)OCc1nn(CCC(F)(F)F)cc1Br. The first kappa shape index (κ1) is 15.5. The van der Waals surface area contributed by atoms with Gasteiger partial charge in [-0.2, -0.15) is 18.3 Å². The molecule has 0 aliphatic carbocycles. The van der Waals surface area contributed by atoms with E-state index in [-0.39, 0.29) is 12.6 Å². The van der Waals surface area contributed by atoms with Gasteiger partial charge in [0.05, 0.1) is 23.6 Å². The summed E-state index contributed by atoms with van der Waals surface area (Å²) in [5.74, 6) is 0. The summed E-state index contributed by atoms with van der Waals surface area (Å²) in [4.78, 5) is 0. The molecule has 0 spiro atoms. The summed E-state index contributed by atoms with van der Waals surface area (Å²) in [6.45, 7) is 4.07. The van der Waals surface area contributed by atoms with Gasteiger partial charge in [0.1, 0.15) is 5.69 Å². The van der Waals surface area contributed by atoms with Crippen molar-refractivity contribution in [3.63, 3.8) is 0 Å². The zero-order valence-corrected chi connectivity index (χ0v) is 11.9. The standard InChI is InChI=1S/C11H16BrF3N2O/c1-3-8(2)18-7-10-9(12)6-17(16-10)5-4-11(13,14)15/h6,8H,3-5,7H2,1-2H3. The van der Waals surface area contributed by atoms with Gasteiger partial charge in [0.2, 0.25) is 0 Å². The van der Waals surface area contributed by atoms with E-state index in [1.807, 2.05) is 13.8 Å². The van der Waals surface area contributed by atoms with Gasteiger partial charge < -0.3 is 4.74 Å². The zero-order chi connectivity index (χ0) is 13.8. The van der Waals surface area contributed by atoms with Gasteiger partial charge in [0.15, 0.2) is 0 Å². The first-order chi connectivity index (χ1) is 8.31. The second-order valence-electron chi connectivity index (χ2n) is 4.08. The predicted molar refractivity (Wildman–Crippen MR) is 65.1 cm³/mol. The lowest BCUT2D eigenvalue weighted by molar-refractivity contribution is -0.137. The third-order valence-corrected chi connectivity index (χ3v) is 3.15. The molecule has 18 heavy (non-hydrogen) atoms. The van der Waals surface area contributed by atoms with E-state index >= 15 is 0 Å². The van der Waals surface area contributed by atoms with Crippen molar-refractivity contribution >= 4 is 15.9 Å². The Balaban J connectivity index is 2.53. The van der Waals surface area contributed by atoms with Crippen LogP contribution in [0.4, 0.5) is 13.2 Å². The van der Waals surface area contributed by atoms with Crippen LogP contribution < -0.4 is 0 Å². The molecule has 0 aliphatic heterocycles. The molecule has 0 bridgehead atoms. The number of ether oxygens (including phenoxy) is 1. The largest absolute Gasteiger partial charge is 0.390 e. The van der Waals surface area contributed by atoms with Gasteiger partial charge >= 0.3 is 6.18 Å². The minimum absolute atomic E-state index is 0.109. The lowest BCUT2D eigenvalue weighted by atomic mass is 10.3. The highest BCUT2D eigenvalue weighted by atomic mass is 79.9. The van der Waals surface area contributed by atoms with Crippen LogP contribution in [-0.4, -0.2) is 22.1 Å². The van der Waals surface area contributed by atoms with Crippen molar-refractivity contribution in [2.75, 3.05) is 0 Å². The highest BCUT2D eigenvalue weighted by Gasteiger charge is 2.27. The minimum atomic E-state index is -4.16. The van der Waals surface area contributed by atoms with Crippen molar-refractivity contribution in [1.29, 1.82) is 0 Å². The second-order valence-corrected chi connectivity index (χ2v) is 4.94. The van der Waals surface area contributed by atoms with E-state index in [9.17, 15) is 13.2 Å². The van der Waals surface area contributed by atoms with Gasteiger partial charge in [-0.25, -0.2) is 0 Å². The molecule has 0 aliphatic rings. The van der Waals surface area contributed by atoms with E-state index in [2.05, 4.69) is 21.0 Å². The van der Waals surface area contributed by atoms with Crippen LogP contribution in [-0.2, 0) is 17.9 Å². The molecule has 1 aromatic heterocycles. The number of aromatic nitrogens is 2. The number of halogens is 4. The maximum atomic E-state index is 12.1. The average Bonchev–Trinajstić information content (AvgIpc) is 2.63. The Morgan fingerprint density at radius 2 is 2.17 bits per heavy atom. The van der Waals surface area contributed by atoms with Crippen LogP contribution in [0.2, 0.25) is 0 Å². The van der Waals surface area contributed by atoms with Crippen molar-refractivity contribution in [2.45, 2.75) is 52.1 Å². The lowest BCUT2D eigenvalue weighted by Gasteiger charge is -2.09. The fourth-order valence-electron chi connectivity index (χ4n) is 1.23. The fraction of sp³-hybridized carbons (Fsp3) is 0.727. The molecule has 0 radical (unpaired) electrons. The first-order valence-corrected chi connectivity index (χ1v) is 6.51. The molecule has 1 atom stereocenters. The Morgan fingerprint density at radius 1 is 1.50 bits per heavy atom. The molecular weight excluding hydrogens is 313 g/mol. The minimum Gasteiger partial charge on any atom is -0.372 e. The molecule has 0 aromatic carbocycles. The molecule has 104 valence electrons. The van der Waals surface area contributed by atoms with Crippen LogP contribution >= 0.6 is 15.9 Å². The van der Waals surface area contributed by atoms with E-state index < -0.39 is 12.6 Å². The molecule has 1 rings (SSSR count). The third kappa shape index (κ3) is 5.39. The van der Waals surface area contributed by atoms with Crippen molar-refractivity contribution in [2.24, 2.45) is 0 Å². The van der Waals surface area contributed by atoms with Crippen molar-refractivity contribution < 1.29 is 17.9 Å². The number of nitrogens with zero attached hydrogens (tertiary/aromatic N) is 2. The molecule has 1 unspecified atom stereocenters. The normalized spacial score (nSPS) is 13.9. The van der Waals surface area contributed by atoms with E-state index in [0.29, 0.717) is 16.8 Å². The molecule has 0 saturated heterocycles. The maximum Gasteiger partial charge on any atom is 0.390 e. The molecule has 0 N–H and O–H groups in total. The number of hydrogen-bond acceptors (Lipinski definition) is 2. The van der Waals surface area contributed by atoms with Gasteiger partial charge in [-0.1, -0.05) is 6.92 Å². The number of rotatable bonds is 6. The zero-order valence-electron chi connectivity index (χ0n) is 10.3. The molecule has 0 amide bonds. The first-order valence-electron chi connectivity index (χ1n) is 5.72. The van der Waals surface area contributed by atoms with Gasteiger partial charge in [-0.05, 0) is 29.3 Å². The Bertz CT molecular complexity index is 379. The van der Waals surface area contributed by atoms with E-state index in [4.69, 9.17) is 4.74 Å². The van der Waals surface area contributed by atoms with Crippen LogP contribution in [0.1, 0.15) is 32.4 Å². The summed E-state index contributed by atoms with van der Waals surface area (Å²) in [6.07, 6.45) is -2.51. The molecule has 0 fully saturated rings. The summed E-state index contributed by atoms with van der Waals surface area (Å²) in [5, 5.41) is 4.06. The van der Waals surface area contributed by atoms with Crippen molar-refractivity contribution in [3.8, 4) is 0 Å². The number of alkyl halides is 3. The second kappa shape index (κ2) is 6.56. The van der Waals surface area contributed by atoms with Crippen molar-refractivity contribution in [1.82, 2.24) is 9.78 Å². The highest BCUT2D eigenvalue weighted by Crippen LogP contribution is 2.22. The Morgan fingerprint density at radius 3 is 2.72 bits per heavy atom. The quantitative estimate of drug-likeness (QED) is 0.791. The average molecular weight is 329 g/mol. The van der Waals surface area contributed by atoms with Crippen LogP contribution in [0.25, 0.3) is 0 Å². The summed E-state index contributed by atoms with van der Waals surface area (Å²) in [6, 6.07) is 0. The van der Waals surface area contributed by atoms with Gasteiger partial charge in [-0.15, -0.1) is 0 Å². The van der Waals surface area contributed by atoms with E-state index in [1.165, 1.54) is 4.68 Å². The molecule has 0 saturated carbocycles. The molecule has 1 aromatic rings. The Labute approximate surface area is 112 Å². The summed E-state index contributed by atoms with van der Waals surface area (Å²) >= 11 is 3.27. The Kier molecular flexibility index (Phi) is 5.65. The third-order valence-electron chi connectivity index (χ3n) is 2.49. The molecular formula is C11H16BrF3N2O. The summed E-state index contributed by atoms with van der Waals surface area (Å²) < 4.78 is 43.7. The van der Waals surface area contributed by atoms with Crippen LogP contribution in [0.5, 0.6) is 0 Å². The van der Waals surface area contributed by atoms with Crippen LogP contribution in [0.3, 0.4) is 0 Å².